The van der Waals surface area contributed by atoms with Crippen LogP contribution >= 0.6 is 0 Å². The molecule has 3 rings (SSSR count). The van der Waals surface area contributed by atoms with Gasteiger partial charge in [0.2, 0.25) is 5.95 Å². The average Bonchev–Trinajstić information content (AvgIpc) is 2.73. The summed E-state index contributed by atoms with van der Waals surface area (Å²) in [5.74, 6) is 1.48. The quantitative estimate of drug-likeness (QED) is 0.790. The maximum Gasteiger partial charge on any atom is 0.319 e. The Labute approximate surface area is 163 Å². The molecular formula is C19H24FN5O3. The number of hydrogen-bond donors (Lipinski definition) is 2. The van der Waals surface area contributed by atoms with E-state index in [1.807, 2.05) is 4.90 Å². The SMILES string of the molecule is COc1cccc(NC(=O)NCC2CCN(c3ncc(F)cn3)CC2)c1OC. The van der Waals surface area contributed by atoms with E-state index < -0.39 is 5.82 Å². The van der Waals surface area contributed by atoms with Crippen molar-refractivity contribution in [3.63, 3.8) is 0 Å². The minimum atomic E-state index is -0.443. The van der Waals surface area contributed by atoms with Gasteiger partial charge in [0.15, 0.2) is 17.3 Å². The van der Waals surface area contributed by atoms with Crippen molar-refractivity contribution in [1.82, 2.24) is 15.3 Å². The molecule has 0 spiro atoms. The van der Waals surface area contributed by atoms with Gasteiger partial charge in [0.25, 0.3) is 0 Å². The molecule has 8 nitrogen and oxygen atoms in total. The van der Waals surface area contributed by atoms with E-state index in [1.54, 1.807) is 25.3 Å². The lowest BCUT2D eigenvalue weighted by Crippen LogP contribution is -2.40. The van der Waals surface area contributed by atoms with Crippen molar-refractivity contribution in [2.75, 3.05) is 44.1 Å². The van der Waals surface area contributed by atoms with E-state index >= 15 is 0 Å². The number of benzene rings is 1. The molecule has 1 aliphatic heterocycles. The maximum absolute atomic E-state index is 12.9. The third-order valence-corrected chi connectivity index (χ3v) is 4.71. The van der Waals surface area contributed by atoms with E-state index in [0.717, 1.165) is 25.9 Å². The Bertz CT molecular complexity index is 795. The number of nitrogens with zero attached hydrogens (tertiary/aromatic N) is 3. The van der Waals surface area contributed by atoms with Gasteiger partial charge >= 0.3 is 6.03 Å². The van der Waals surface area contributed by atoms with Crippen LogP contribution in [0, 0.1) is 11.7 Å². The molecule has 1 saturated heterocycles. The van der Waals surface area contributed by atoms with Crippen LogP contribution in [0.25, 0.3) is 0 Å². The number of piperidine rings is 1. The molecule has 0 atom stereocenters. The molecule has 2 amide bonds. The number of carbonyl (C=O) groups is 1. The number of urea groups is 1. The summed E-state index contributed by atoms with van der Waals surface area (Å²) in [5.41, 5.74) is 0.544. The molecule has 1 aliphatic rings. The first-order valence-corrected chi connectivity index (χ1v) is 9.09. The second-order valence-electron chi connectivity index (χ2n) is 6.51. The van der Waals surface area contributed by atoms with Crippen LogP contribution < -0.4 is 25.0 Å². The molecular weight excluding hydrogens is 365 g/mol. The van der Waals surface area contributed by atoms with Crippen LogP contribution in [0.4, 0.5) is 20.8 Å². The van der Waals surface area contributed by atoms with Gasteiger partial charge in [-0.1, -0.05) is 6.07 Å². The smallest absolute Gasteiger partial charge is 0.319 e. The Kier molecular flexibility index (Phi) is 6.46. The summed E-state index contributed by atoms with van der Waals surface area (Å²) < 4.78 is 23.5. The summed E-state index contributed by atoms with van der Waals surface area (Å²) in [4.78, 5) is 22.3. The molecule has 0 saturated carbocycles. The largest absolute Gasteiger partial charge is 0.493 e. The first kappa shape index (κ1) is 19.7. The van der Waals surface area contributed by atoms with Crippen LogP contribution in [0.2, 0.25) is 0 Å². The lowest BCUT2D eigenvalue weighted by molar-refractivity contribution is 0.248. The fourth-order valence-corrected chi connectivity index (χ4v) is 3.19. The van der Waals surface area contributed by atoms with Gasteiger partial charge in [-0.25, -0.2) is 19.2 Å². The minimum absolute atomic E-state index is 0.296. The topological polar surface area (TPSA) is 88.6 Å². The minimum Gasteiger partial charge on any atom is -0.493 e. The summed E-state index contributed by atoms with van der Waals surface area (Å²) in [6, 6.07) is 5.00. The van der Waals surface area contributed by atoms with Crippen LogP contribution in [0.3, 0.4) is 0 Å². The zero-order chi connectivity index (χ0) is 19.9. The van der Waals surface area contributed by atoms with Crippen molar-refractivity contribution in [2.24, 2.45) is 5.92 Å². The lowest BCUT2D eigenvalue weighted by Gasteiger charge is -2.31. The lowest BCUT2D eigenvalue weighted by atomic mass is 9.97. The molecule has 2 N–H and O–H groups in total. The Balaban J connectivity index is 1.46. The van der Waals surface area contributed by atoms with Crippen LogP contribution in [0.1, 0.15) is 12.8 Å². The predicted molar refractivity (Wildman–Crippen MR) is 103 cm³/mol. The fourth-order valence-electron chi connectivity index (χ4n) is 3.19. The van der Waals surface area contributed by atoms with Gasteiger partial charge in [0.05, 0.1) is 32.3 Å². The highest BCUT2D eigenvalue weighted by Crippen LogP contribution is 2.34. The summed E-state index contributed by atoms with van der Waals surface area (Å²) in [7, 11) is 3.07. The standard InChI is InChI=1S/C19H24FN5O3/c1-27-16-5-3-4-15(17(16)28-2)24-19(26)23-10-13-6-8-25(9-7-13)18-21-11-14(20)12-22-18/h3-5,11-13H,6-10H2,1-2H3,(H2,23,24,26). The van der Waals surface area contributed by atoms with Crippen LogP contribution in [-0.4, -0.2) is 49.9 Å². The number of hydrogen-bond acceptors (Lipinski definition) is 6. The molecule has 28 heavy (non-hydrogen) atoms. The molecule has 9 heteroatoms. The number of nitrogens with one attached hydrogen (secondary N) is 2. The Morgan fingerprint density at radius 1 is 1.21 bits per heavy atom. The third kappa shape index (κ3) is 4.79. The molecule has 0 radical (unpaired) electrons. The Morgan fingerprint density at radius 3 is 2.57 bits per heavy atom. The highest BCUT2D eigenvalue weighted by Gasteiger charge is 2.21. The number of halogens is 1. The summed E-state index contributed by atoms with van der Waals surface area (Å²) >= 11 is 0. The van der Waals surface area contributed by atoms with Gasteiger partial charge in [-0.05, 0) is 30.9 Å². The molecule has 0 aliphatic carbocycles. The molecule has 1 aromatic carbocycles. The van der Waals surface area contributed by atoms with Crippen molar-refractivity contribution >= 4 is 17.7 Å². The van der Waals surface area contributed by atoms with E-state index in [1.165, 1.54) is 19.5 Å². The van der Waals surface area contributed by atoms with Gasteiger partial charge in [-0.15, -0.1) is 0 Å². The van der Waals surface area contributed by atoms with Crippen molar-refractivity contribution in [3.05, 3.63) is 36.4 Å². The number of aromatic nitrogens is 2. The van der Waals surface area contributed by atoms with Crippen LogP contribution in [0.15, 0.2) is 30.6 Å². The summed E-state index contributed by atoms with van der Waals surface area (Å²) in [5, 5.41) is 5.70. The second kappa shape index (κ2) is 9.20. The maximum atomic E-state index is 12.9. The van der Waals surface area contributed by atoms with Crippen LogP contribution in [0.5, 0.6) is 11.5 Å². The highest BCUT2D eigenvalue weighted by molar-refractivity contribution is 5.91. The normalized spacial score (nSPS) is 14.5. The number of rotatable bonds is 6. The highest BCUT2D eigenvalue weighted by atomic mass is 19.1. The van der Waals surface area contributed by atoms with Crippen LogP contribution in [-0.2, 0) is 0 Å². The molecule has 0 bridgehead atoms. The monoisotopic (exact) mass is 389 g/mol. The summed E-state index contributed by atoms with van der Waals surface area (Å²) in [6.45, 7) is 2.10. The second-order valence-corrected chi connectivity index (χ2v) is 6.51. The molecule has 1 fully saturated rings. The zero-order valence-corrected chi connectivity index (χ0v) is 15.9. The molecule has 1 aromatic heterocycles. The van der Waals surface area contributed by atoms with Gasteiger partial charge in [-0.3, -0.25) is 0 Å². The predicted octanol–water partition coefficient (Wildman–Crippen LogP) is 2.67. The number of methoxy groups -OCH3 is 2. The van der Waals surface area contributed by atoms with Gasteiger partial charge in [0, 0.05) is 19.6 Å². The number of para-hydroxylation sites is 1. The molecule has 150 valence electrons. The summed E-state index contributed by atoms with van der Waals surface area (Å²) in [6.07, 6.45) is 4.13. The van der Waals surface area contributed by atoms with E-state index in [9.17, 15) is 9.18 Å². The first-order chi connectivity index (χ1) is 13.6. The number of amides is 2. The van der Waals surface area contributed by atoms with E-state index in [4.69, 9.17) is 9.47 Å². The number of anilines is 2. The van der Waals surface area contributed by atoms with Crippen molar-refractivity contribution in [2.45, 2.75) is 12.8 Å². The Hall–Kier alpha value is -3.10. The molecule has 0 unspecified atom stereocenters. The van der Waals surface area contributed by atoms with Crippen molar-refractivity contribution in [1.29, 1.82) is 0 Å². The van der Waals surface area contributed by atoms with E-state index in [2.05, 4.69) is 20.6 Å². The van der Waals surface area contributed by atoms with Gasteiger partial charge in [0.1, 0.15) is 0 Å². The number of ether oxygens (including phenoxy) is 2. The number of carbonyl (C=O) groups excluding carboxylic acids is 1. The fraction of sp³-hybridized carbons (Fsp3) is 0.421. The first-order valence-electron chi connectivity index (χ1n) is 9.09. The molecule has 2 heterocycles. The van der Waals surface area contributed by atoms with Crippen molar-refractivity contribution in [3.8, 4) is 11.5 Å². The molecule has 2 aromatic rings. The average molecular weight is 389 g/mol. The third-order valence-electron chi connectivity index (χ3n) is 4.71. The van der Waals surface area contributed by atoms with Gasteiger partial charge < -0.3 is 25.0 Å². The van der Waals surface area contributed by atoms with Gasteiger partial charge in [-0.2, -0.15) is 0 Å². The van der Waals surface area contributed by atoms with E-state index in [0.29, 0.717) is 35.6 Å². The van der Waals surface area contributed by atoms with E-state index in [-0.39, 0.29) is 6.03 Å². The Morgan fingerprint density at radius 2 is 1.93 bits per heavy atom. The van der Waals surface area contributed by atoms with Crippen molar-refractivity contribution < 1.29 is 18.7 Å². The zero-order valence-electron chi connectivity index (χ0n) is 15.9.